The van der Waals surface area contributed by atoms with E-state index in [4.69, 9.17) is 11.6 Å². The Morgan fingerprint density at radius 3 is 2.48 bits per heavy atom. The van der Waals surface area contributed by atoms with Crippen LogP contribution in [0, 0.1) is 0 Å². The van der Waals surface area contributed by atoms with Crippen molar-refractivity contribution in [2.45, 2.75) is 40.0 Å². The number of aromatic nitrogens is 2. The summed E-state index contributed by atoms with van der Waals surface area (Å²) in [5, 5.41) is 0.606. The van der Waals surface area contributed by atoms with Gasteiger partial charge < -0.3 is 4.90 Å². The Balaban J connectivity index is 2.51. The molecule has 0 spiro atoms. The number of aryl methyl sites for hydroxylation is 1. The molecule has 5 heteroatoms. The molecule has 0 aliphatic rings. The number of carbonyl (C=O) groups excluding carboxylic acids is 1. The molecule has 0 saturated carbocycles. The SMILES string of the molecule is CCCN(CCC)C(=O)c1c(CC)nc2ccc(Cl)cn12. The molecule has 2 heterocycles. The minimum absolute atomic E-state index is 0.0466. The molecular weight excluding hydrogens is 286 g/mol. The Labute approximate surface area is 130 Å². The standard InChI is InChI=1S/C16H22ClN3O/c1-4-9-19(10-5-2)16(21)15-13(6-3)18-14-8-7-12(17)11-20(14)15/h7-8,11H,4-6,9-10H2,1-3H3. The van der Waals surface area contributed by atoms with E-state index in [1.165, 1.54) is 0 Å². The smallest absolute Gasteiger partial charge is 0.272 e. The van der Waals surface area contributed by atoms with Gasteiger partial charge in [0.05, 0.1) is 10.7 Å². The molecule has 0 atom stereocenters. The van der Waals surface area contributed by atoms with Crippen LogP contribution in [0.3, 0.4) is 0 Å². The summed E-state index contributed by atoms with van der Waals surface area (Å²) in [5.74, 6) is 0.0466. The van der Waals surface area contributed by atoms with E-state index >= 15 is 0 Å². The summed E-state index contributed by atoms with van der Waals surface area (Å²) >= 11 is 6.08. The van der Waals surface area contributed by atoms with Gasteiger partial charge in [0.25, 0.3) is 5.91 Å². The summed E-state index contributed by atoms with van der Waals surface area (Å²) in [6.07, 6.45) is 4.40. The van der Waals surface area contributed by atoms with Crippen molar-refractivity contribution in [2.75, 3.05) is 13.1 Å². The molecule has 0 unspecified atom stereocenters. The summed E-state index contributed by atoms with van der Waals surface area (Å²) in [7, 11) is 0. The third-order valence-electron chi connectivity index (χ3n) is 3.47. The zero-order valence-corrected chi connectivity index (χ0v) is 13.7. The summed E-state index contributed by atoms with van der Waals surface area (Å²) in [6.45, 7) is 7.72. The number of rotatable bonds is 6. The van der Waals surface area contributed by atoms with E-state index in [9.17, 15) is 4.79 Å². The highest BCUT2D eigenvalue weighted by atomic mass is 35.5. The maximum absolute atomic E-state index is 12.9. The molecule has 114 valence electrons. The highest BCUT2D eigenvalue weighted by molar-refractivity contribution is 6.30. The largest absolute Gasteiger partial charge is 0.337 e. The van der Waals surface area contributed by atoms with Crippen molar-refractivity contribution < 1.29 is 4.79 Å². The monoisotopic (exact) mass is 307 g/mol. The third kappa shape index (κ3) is 3.21. The summed E-state index contributed by atoms with van der Waals surface area (Å²) in [5.41, 5.74) is 2.25. The third-order valence-corrected chi connectivity index (χ3v) is 3.69. The van der Waals surface area contributed by atoms with Crippen LogP contribution in [0.2, 0.25) is 5.02 Å². The highest BCUT2D eigenvalue weighted by Crippen LogP contribution is 2.19. The Kier molecular flexibility index (Phi) is 5.23. The van der Waals surface area contributed by atoms with Crippen LogP contribution in [0.1, 0.15) is 49.8 Å². The molecule has 0 aromatic carbocycles. The Morgan fingerprint density at radius 2 is 1.90 bits per heavy atom. The van der Waals surface area contributed by atoms with Gasteiger partial charge >= 0.3 is 0 Å². The summed E-state index contributed by atoms with van der Waals surface area (Å²) < 4.78 is 1.82. The zero-order valence-electron chi connectivity index (χ0n) is 12.9. The molecule has 0 fully saturated rings. The van der Waals surface area contributed by atoms with E-state index in [2.05, 4.69) is 18.8 Å². The number of imidazole rings is 1. The Bertz CT molecular complexity index is 630. The first-order valence-corrected chi connectivity index (χ1v) is 7.95. The molecule has 2 rings (SSSR count). The fraction of sp³-hybridized carbons (Fsp3) is 0.500. The van der Waals surface area contributed by atoms with Crippen LogP contribution in [-0.2, 0) is 6.42 Å². The topological polar surface area (TPSA) is 37.6 Å². The number of hydrogen-bond donors (Lipinski definition) is 0. The van der Waals surface area contributed by atoms with E-state index in [1.54, 1.807) is 12.3 Å². The van der Waals surface area contributed by atoms with Crippen LogP contribution in [0.4, 0.5) is 0 Å². The molecule has 1 amide bonds. The first kappa shape index (κ1) is 15.8. The molecule has 0 N–H and O–H groups in total. The lowest BCUT2D eigenvalue weighted by molar-refractivity contribution is 0.0747. The van der Waals surface area contributed by atoms with Gasteiger partial charge in [0, 0.05) is 19.3 Å². The van der Waals surface area contributed by atoms with Crippen molar-refractivity contribution in [2.24, 2.45) is 0 Å². The molecule has 4 nitrogen and oxygen atoms in total. The van der Waals surface area contributed by atoms with Gasteiger partial charge in [0.2, 0.25) is 0 Å². The van der Waals surface area contributed by atoms with Gasteiger partial charge in [-0.05, 0) is 31.4 Å². The van der Waals surface area contributed by atoms with Gasteiger partial charge in [0.15, 0.2) is 0 Å². The van der Waals surface area contributed by atoms with Gasteiger partial charge in [-0.25, -0.2) is 4.98 Å². The van der Waals surface area contributed by atoms with E-state index in [0.29, 0.717) is 10.7 Å². The predicted octanol–water partition coefficient (Wildman–Crippen LogP) is 3.81. The molecule has 0 aliphatic heterocycles. The molecule has 0 aliphatic carbocycles. The van der Waals surface area contributed by atoms with Crippen LogP contribution < -0.4 is 0 Å². The lowest BCUT2D eigenvalue weighted by atomic mass is 10.2. The highest BCUT2D eigenvalue weighted by Gasteiger charge is 2.22. The van der Waals surface area contributed by atoms with Gasteiger partial charge in [0.1, 0.15) is 11.3 Å². The van der Waals surface area contributed by atoms with E-state index in [-0.39, 0.29) is 5.91 Å². The van der Waals surface area contributed by atoms with Crippen LogP contribution in [0.5, 0.6) is 0 Å². The van der Waals surface area contributed by atoms with Crippen molar-refractivity contribution in [1.29, 1.82) is 0 Å². The average Bonchev–Trinajstić information content (AvgIpc) is 2.84. The summed E-state index contributed by atoms with van der Waals surface area (Å²) in [6, 6.07) is 3.65. The first-order valence-electron chi connectivity index (χ1n) is 7.58. The maximum Gasteiger partial charge on any atom is 0.272 e. The number of pyridine rings is 1. The normalized spacial score (nSPS) is 11.0. The van der Waals surface area contributed by atoms with Crippen LogP contribution in [0.25, 0.3) is 5.65 Å². The quantitative estimate of drug-likeness (QED) is 0.814. The number of fused-ring (bicyclic) bond motifs is 1. The van der Waals surface area contributed by atoms with Crippen LogP contribution in [-0.4, -0.2) is 33.3 Å². The van der Waals surface area contributed by atoms with Crippen molar-refractivity contribution >= 4 is 23.2 Å². The zero-order chi connectivity index (χ0) is 15.4. The van der Waals surface area contributed by atoms with Crippen molar-refractivity contribution in [3.63, 3.8) is 0 Å². The molecule has 0 saturated heterocycles. The van der Waals surface area contributed by atoms with Crippen LogP contribution >= 0.6 is 11.6 Å². The molecule has 21 heavy (non-hydrogen) atoms. The molecule has 2 aromatic rings. The van der Waals surface area contributed by atoms with Gasteiger partial charge in [-0.3, -0.25) is 9.20 Å². The minimum atomic E-state index is 0.0466. The van der Waals surface area contributed by atoms with E-state index in [0.717, 1.165) is 43.7 Å². The Hall–Kier alpha value is -1.55. The van der Waals surface area contributed by atoms with Gasteiger partial charge in [-0.2, -0.15) is 0 Å². The molecule has 2 aromatic heterocycles. The number of carbonyl (C=O) groups is 1. The fourth-order valence-electron chi connectivity index (χ4n) is 2.54. The minimum Gasteiger partial charge on any atom is -0.337 e. The lowest BCUT2D eigenvalue weighted by Gasteiger charge is -2.21. The van der Waals surface area contributed by atoms with Gasteiger partial charge in [-0.1, -0.05) is 32.4 Å². The molecular formula is C16H22ClN3O. The van der Waals surface area contributed by atoms with E-state index in [1.807, 2.05) is 22.3 Å². The van der Waals surface area contributed by atoms with Crippen molar-refractivity contribution in [1.82, 2.24) is 14.3 Å². The fourth-order valence-corrected chi connectivity index (χ4v) is 2.71. The van der Waals surface area contributed by atoms with Gasteiger partial charge in [-0.15, -0.1) is 0 Å². The summed E-state index contributed by atoms with van der Waals surface area (Å²) in [4.78, 5) is 19.4. The van der Waals surface area contributed by atoms with Crippen LogP contribution in [0.15, 0.2) is 18.3 Å². The second-order valence-electron chi connectivity index (χ2n) is 5.13. The maximum atomic E-state index is 12.9. The lowest BCUT2D eigenvalue weighted by Crippen LogP contribution is -2.33. The first-order chi connectivity index (χ1) is 10.1. The Morgan fingerprint density at radius 1 is 1.24 bits per heavy atom. The number of hydrogen-bond acceptors (Lipinski definition) is 2. The average molecular weight is 308 g/mol. The number of amides is 1. The number of nitrogens with zero attached hydrogens (tertiary/aromatic N) is 3. The molecule has 0 bridgehead atoms. The van der Waals surface area contributed by atoms with Crippen molar-refractivity contribution in [3.8, 4) is 0 Å². The second-order valence-corrected chi connectivity index (χ2v) is 5.56. The number of halogens is 1. The van der Waals surface area contributed by atoms with Crippen molar-refractivity contribution in [3.05, 3.63) is 34.7 Å². The van der Waals surface area contributed by atoms with E-state index < -0.39 is 0 Å². The molecule has 0 radical (unpaired) electrons. The predicted molar refractivity (Wildman–Crippen MR) is 86.1 cm³/mol. The second kappa shape index (κ2) is 6.94.